The molecule has 1 aliphatic heterocycles. The molecule has 1 rings (SSSR count). The van der Waals surface area contributed by atoms with Crippen LogP contribution in [0.3, 0.4) is 0 Å². The Morgan fingerprint density at radius 1 is 1.23 bits per heavy atom. The van der Waals surface area contributed by atoms with Crippen LogP contribution in [0.2, 0.25) is 0 Å². The minimum absolute atomic E-state index is 0. The van der Waals surface area contributed by atoms with E-state index in [2.05, 4.69) is 43.2 Å². The molecule has 0 spiro atoms. The van der Waals surface area contributed by atoms with Gasteiger partial charge in [-0.05, 0) is 38.0 Å². The molecule has 1 heterocycles. The second-order valence-electron chi connectivity index (χ2n) is 8.41. The quantitative estimate of drug-likeness (QED) is 0.254. The van der Waals surface area contributed by atoms with E-state index in [1.165, 1.54) is 6.42 Å². The zero-order valence-electron chi connectivity index (χ0n) is 17.6. The van der Waals surface area contributed by atoms with Gasteiger partial charge in [0, 0.05) is 46.3 Å². The minimum atomic E-state index is 0. The Morgan fingerprint density at radius 3 is 2.35 bits per heavy atom. The van der Waals surface area contributed by atoms with Crippen molar-refractivity contribution in [3.05, 3.63) is 0 Å². The summed E-state index contributed by atoms with van der Waals surface area (Å²) in [7, 11) is 3.63. The number of piperidine rings is 1. The SMILES string of the molecule is CCNC(=NCCCC(C)(C)C)NC1CCN(CC(=O)N(C)C)CC1.I. The number of carbonyl (C=O) groups excluding carboxylic acids is 1. The van der Waals surface area contributed by atoms with E-state index in [9.17, 15) is 4.79 Å². The van der Waals surface area contributed by atoms with E-state index in [1.54, 1.807) is 4.90 Å². The van der Waals surface area contributed by atoms with Crippen LogP contribution in [0.5, 0.6) is 0 Å². The number of rotatable bonds is 7. The Kier molecular flexibility index (Phi) is 12.5. The molecule has 1 aliphatic rings. The molecule has 0 unspecified atom stereocenters. The van der Waals surface area contributed by atoms with Crippen molar-refractivity contribution in [2.75, 3.05) is 46.8 Å². The van der Waals surface area contributed by atoms with Crippen molar-refractivity contribution < 1.29 is 4.79 Å². The van der Waals surface area contributed by atoms with Crippen molar-refractivity contribution in [1.82, 2.24) is 20.4 Å². The van der Waals surface area contributed by atoms with E-state index in [4.69, 9.17) is 4.99 Å². The summed E-state index contributed by atoms with van der Waals surface area (Å²) >= 11 is 0. The van der Waals surface area contributed by atoms with Crippen LogP contribution >= 0.6 is 24.0 Å². The normalized spacial score (nSPS) is 16.8. The lowest BCUT2D eigenvalue weighted by atomic mass is 9.91. The third kappa shape index (κ3) is 11.2. The summed E-state index contributed by atoms with van der Waals surface area (Å²) in [5, 5.41) is 6.92. The molecule has 1 amide bonds. The number of amides is 1. The molecule has 0 radical (unpaired) electrons. The summed E-state index contributed by atoms with van der Waals surface area (Å²) in [6, 6.07) is 0.436. The first-order valence-corrected chi connectivity index (χ1v) is 9.68. The number of nitrogens with zero attached hydrogens (tertiary/aromatic N) is 3. The molecule has 0 aromatic rings. The lowest BCUT2D eigenvalue weighted by molar-refractivity contribution is -0.130. The van der Waals surface area contributed by atoms with Crippen molar-refractivity contribution in [3.8, 4) is 0 Å². The van der Waals surface area contributed by atoms with E-state index in [1.807, 2.05) is 14.1 Å². The molecule has 0 atom stereocenters. The molecule has 0 aromatic heterocycles. The lowest BCUT2D eigenvalue weighted by Gasteiger charge is -2.33. The number of likely N-dealkylation sites (tertiary alicyclic amines) is 1. The zero-order chi connectivity index (χ0) is 18.9. The molecule has 0 aliphatic carbocycles. The standard InChI is InChI=1S/C19H39N5O.HI/c1-7-20-18(21-12-8-11-19(2,3)4)22-16-9-13-24(14-10-16)15-17(25)23(5)6;/h16H,7-15H2,1-6H3,(H2,20,21,22);1H. The predicted octanol–water partition coefficient (Wildman–Crippen LogP) is 2.54. The summed E-state index contributed by atoms with van der Waals surface area (Å²) in [5.74, 6) is 1.11. The Labute approximate surface area is 177 Å². The molecule has 1 saturated heterocycles. The van der Waals surface area contributed by atoms with E-state index in [0.29, 0.717) is 18.0 Å². The fourth-order valence-corrected chi connectivity index (χ4v) is 2.88. The Bertz CT molecular complexity index is 426. The number of carbonyl (C=O) groups is 1. The van der Waals surface area contributed by atoms with Crippen LogP contribution in [0.15, 0.2) is 4.99 Å². The lowest BCUT2D eigenvalue weighted by Crippen LogP contribution is -2.50. The van der Waals surface area contributed by atoms with E-state index >= 15 is 0 Å². The van der Waals surface area contributed by atoms with Crippen LogP contribution in [-0.4, -0.2) is 74.5 Å². The first-order chi connectivity index (χ1) is 11.7. The summed E-state index contributed by atoms with van der Waals surface area (Å²) in [6.45, 7) is 13.1. The summed E-state index contributed by atoms with van der Waals surface area (Å²) in [6.07, 6.45) is 4.40. The topological polar surface area (TPSA) is 60.0 Å². The average Bonchev–Trinajstić information content (AvgIpc) is 2.52. The van der Waals surface area contributed by atoms with Crippen molar-refractivity contribution in [1.29, 1.82) is 0 Å². The molecule has 0 aromatic carbocycles. The number of hydrogen-bond donors (Lipinski definition) is 2. The highest BCUT2D eigenvalue weighted by Gasteiger charge is 2.22. The number of guanidine groups is 1. The van der Waals surface area contributed by atoms with Gasteiger partial charge in [-0.3, -0.25) is 14.7 Å². The van der Waals surface area contributed by atoms with Gasteiger partial charge in [0.1, 0.15) is 0 Å². The first kappa shape index (κ1) is 25.4. The number of hydrogen-bond acceptors (Lipinski definition) is 3. The van der Waals surface area contributed by atoms with Gasteiger partial charge in [0.15, 0.2) is 5.96 Å². The van der Waals surface area contributed by atoms with Crippen LogP contribution in [0.25, 0.3) is 0 Å². The van der Waals surface area contributed by atoms with Gasteiger partial charge in [0.2, 0.25) is 5.91 Å². The highest BCUT2D eigenvalue weighted by Crippen LogP contribution is 2.20. The van der Waals surface area contributed by atoms with Crippen molar-refractivity contribution in [3.63, 3.8) is 0 Å². The van der Waals surface area contributed by atoms with Crippen molar-refractivity contribution in [2.45, 2.75) is 59.4 Å². The maximum atomic E-state index is 11.8. The second kappa shape index (κ2) is 12.8. The van der Waals surface area contributed by atoms with Crippen molar-refractivity contribution >= 4 is 35.8 Å². The predicted molar refractivity (Wildman–Crippen MR) is 121 cm³/mol. The van der Waals surface area contributed by atoms with E-state index in [0.717, 1.165) is 51.4 Å². The summed E-state index contributed by atoms with van der Waals surface area (Å²) < 4.78 is 0. The molecule has 0 bridgehead atoms. The maximum absolute atomic E-state index is 11.8. The fraction of sp³-hybridized carbons (Fsp3) is 0.895. The molecule has 0 saturated carbocycles. The zero-order valence-corrected chi connectivity index (χ0v) is 19.9. The molecule has 1 fully saturated rings. The van der Waals surface area contributed by atoms with Crippen LogP contribution in [-0.2, 0) is 4.79 Å². The maximum Gasteiger partial charge on any atom is 0.236 e. The summed E-state index contributed by atoms with van der Waals surface area (Å²) in [5.41, 5.74) is 0.373. The fourth-order valence-electron chi connectivity index (χ4n) is 2.88. The van der Waals surface area contributed by atoms with E-state index < -0.39 is 0 Å². The average molecular weight is 481 g/mol. The van der Waals surface area contributed by atoms with Crippen molar-refractivity contribution in [2.24, 2.45) is 10.4 Å². The second-order valence-corrected chi connectivity index (χ2v) is 8.41. The smallest absolute Gasteiger partial charge is 0.236 e. The molecular weight excluding hydrogens is 441 g/mol. The van der Waals surface area contributed by atoms with Gasteiger partial charge in [-0.2, -0.15) is 0 Å². The van der Waals surface area contributed by atoms with Crippen LogP contribution in [0.4, 0.5) is 0 Å². The van der Waals surface area contributed by atoms with E-state index in [-0.39, 0.29) is 29.9 Å². The van der Waals surface area contributed by atoms with Crippen LogP contribution in [0.1, 0.15) is 53.4 Å². The number of likely N-dealkylation sites (N-methyl/N-ethyl adjacent to an activating group) is 1. The molecule has 7 heteroatoms. The Morgan fingerprint density at radius 2 is 1.85 bits per heavy atom. The molecule has 26 heavy (non-hydrogen) atoms. The molecule has 6 nitrogen and oxygen atoms in total. The highest BCUT2D eigenvalue weighted by atomic mass is 127. The Hall–Kier alpha value is -0.570. The highest BCUT2D eigenvalue weighted by molar-refractivity contribution is 14.0. The Balaban J connectivity index is 0.00000625. The van der Waals surface area contributed by atoms with Gasteiger partial charge in [0.05, 0.1) is 6.54 Å². The molecular formula is C19H40IN5O. The molecule has 2 N–H and O–H groups in total. The minimum Gasteiger partial charge on any atom is -0.357 e. The van der Waals surface area contributed by atoms with Gasteiger partial charge in [-0.15, -0.1) is 24.0 Å². The van der Waals surface area contributed by atoms with Gasteiger partial charge in [-0.1, -0.05) is 20.8 Å². The molecule has 154 valence electrons. The number of aliphatic imine (C=N–C) groups is 1. The van der Waals surface area contributed by atoms with Crippen LogP contribution < -0.4 is 10.6 Å². The first-order valence-electron chi connectivity index (χ1n) is 9.68. The van der Waals surface area contributed by atoms with Crippen LogP contribution in [0, 0.1) is 5.41 Å². The van der Waals surface area contributed by atoms with Gasteiger partial charge in [0.25, 0.3) is 0 Å². The largest absolute Gasteiger partial charge is 0.357 e. The van der Waals surface area contributed by atoms with Gasteiger partial charge >= 0.3 is 0 Å². The third-order valence-electron chi connectivity index (χ3n) is 4.49. The van der Waals surface area contributed by atoms with Gasteiger partial charge in [-0.25, -0.2) is 0 Å². The third-order valence-corrected chi connectivity index (χ3v) is 4.49. The number of nitrogens with one attached hydrogen (secondary N) is 2. The monoisotopic (exact) mass is 481 g/mol. The summed E-state index contributed by atoms with van der Waals surface area (Å²) in [4.78, 5) is 20.4. The number of halogens is 1. The van der Waals surface area contributed by atoms with Gasteiger partial charge < -0.3 is 15.5 Å².